The van der Waals surface area contributed by atoms with Crippen molar-refractivity contribution >= 4 is 21.6 Å². The van der Waals surface area contributed by atoms with Gasteiger partial charge in [0, 0.05) is 22.9 Å². The summed E-state index contributed by atoms with van der Waals surface area (Å²) in [5, 5.41) is 11.0. The van der Waals surface area contributed by atoms with E-state index in [1.807, 2.05) is 64.0 Å². The van der Waals surface area contributed by atoms with E-state index in [2.05, 4.69) is 73.8 Å². The number of nitrogens with zero attached hydrogens (tertiary/aromatic N) is 5. The molecule has 0 N–H and O–H groups in total. The van der Waals surface area contributed by atoms with Gasteiger partial charge in [-0.15, -0.1) is 0 Å². The lowest BCUT2D eigenvalue weighted by Gasteiger charge is -2.05. The van der Waals surface area contributed by atoms with Crippen LogP contribution in [0, 0.1) is 6.92 Å². The molecule has 182 valence electrons. The zero-order chi connectivity index (χ0) is 25.5. The molecule has 0 aliphatic carbocycles. The van der Waals surface area contributed by atoms with Crippen LogP contribution in [0.1, 0.15) is 5.56 Å². The Morgan fingerprint density at radius 1 is 0.684 bits per heavy atom. The van der Waals surface area contributed by atoms with Crippen molar-refractivity contribution in [2.45, 2.75) is 6.92 Å². The van der Waals surface area contributed by atoms with Gasteiger partial charge in [-0.3, -0.25) is 0 Å². The van der Waals surface area contributed by atoms with E-state index in [0.29, 0.717) is 0 Å². The van der Waals surface area contributed by atoms with Crippen molar-refractivity contribution in [1.82, 2.24) is 24.5 Å². The van der Waals surface area contributed by atoms with Crippen molar-refractivity contribution in [2.75, 3.05) is 0 Å². The van der Waals surface area contributed by atoms with E-state index in [9.17, 15) is 0 Å². The van der Waals surface area contributed by atoms with E-state index in [1.165, 1.54) is 5.56 Å². The maximum atomic E-state index is 5.08. The second-order valence-corrected chi connectivity index (χ2v) is 10.2. The van der Waals surface area contributed by atoms with Crippen molar-refractivity contribution in [3.63, 3.8) is 0 Å². The van der Waals surface area contributed by atoms with Crippen LogP contribution < -0.4 is 0 Å². The van der Waals surface area contributed by atoms with Gasteiger partial charge in [-0.1, -0.05) is 102 Å². The first-order valence-electron chi connectivity index (χ1n) is 12.5. The van der Waals surface area contributed by atoms with E-state index in [4.69, 9.17) is 15.2 Å². The number of rotatable bonds is 5. The molecule has 0 spiro atoms. The summed E-state index contributed by atoms with van der Waals surface area (Å²) < 4.78 is 5.04. The van der Waals surface area contributed by atoms with Gasteiger partial charge in [0.15, 0.2) is 0 Å². The highest BCUT2D eigenvalue weighted by atomic mass is 32.1. The smallest absolute Gasteiger partial charge is 0.212 e. The molecule has 0 radical (unpaired) electrons. The van der Waals surface area contributed by atoms with Gasteiger partial charge in [0.05, 0.1) is 27.3 Å². The fraction of sp³-hybridized carbons (Fsp3) is 0.0312. The van der Waals surface area contributed by atoms with Crippen LogP contribution in [0.3, 0.4) is 0 Å². The second kappa shape index (κ2) is 9.25. The minimum absolute atomic E-state index is 0.825. The molecule has 7 rings (SSSR count). The molecule has 0 amide bonds. The molecule has 0 saturated carbocycles. The Hall–Kier alpha value is -4.81. The molecule has 38 heavy (non-hydrogen) atoms. The Bertz CT molecular complexity index is 1830. The fourth-order valence-electron chi connectivity index (χ4n) is 4.62. The van der Waals surface area contributed by atoms with Crippen LogP contribution in [0.4, 0.5) is 0 Å². The lowest BCUT2D eigenvalue weighted by atomic mass is 10.0. The highest BCUT2D eigenvalue weighted by Gasteiger charge is 2.22. The van der Waals surface area contributed by atoms with Crippen molar-refractivity contribution < 1.29 is 0 Å². The Morgan fingerprint density at radius 2 is 1.39 bits per heavy atom. The summed E-state index contributed by atoms with van der Waals surface area (Å²) in [7, 11) is 0. The van der Waals surface area contributed by atoms with Crippen molar-refractivity contribution in [3.8, 4) is 44.6 Å². The van der Waals surface area contributed by atoms with Gasteiger partial charge in [0.2, 0.25) is 5.13 Å². The van der Waals surface area contributed by atoms with Crippen LogP contribution in [-0.2, 0) is 0 Å². The first-order chi connectivity index (χ1) is 18.7. The van der Waals surface area contributed by atoms with E-state index < -0.39 is 0 Å². The third-order valence-electron chi connectivity index (χ3n) is 6.58. The van der Waals surface area contributed by atoms with Crippen LogP contribution in [0.15, 0.2) is 121 Å². The van der Waals surface area contributed by atoms with Gasteiger partial charge < -0.3 is 0 Å². The topological polar surface area (TPSA) is 48.5 Å². The van der Waals surface area contributed by atoms with Crippen LogP contribution in [-0.4, -0.2) is 24.5 Å². The van der Waals surface area contributed by atoms with Gasteiger partial charge >= 0.3 is 0 Å². The molecular weight excluding hydrogens is 486 g/mol. The number of benzene rings is 4. The summed E-state index contributed by atoms with van der Waals surface area (Å²) in [6.45, 7) is 2.10. The lowest BCUT2D eigenvalue weighted by Crippen LogP contribution is -1.99. The number of thiazole rings is 1. The Labute approximate surface area is 224 Å². The molecular formula is C32H23N5S. The largest absolute Gasteiger partial charge is 0.240 e. The zero-order valence-electron chi connectivity index (χ0n) is 20.7. The number of aromatic nitrogens is 5. The minimum Gasteiger partial charge on any atom is -0.240 e. The van der Waals surface area contributed by atoms with Crippen LogP contribution in [0.2, 0.25) is 0 Å². The van der Waals surface area contributed by atoms with E-state index in [0.717, 1.165) is 54.8 Å². The predicted molar refractivity (Wildman–Crippen MR) is 155 cm³/mol. The zero-order valence-corrected chi connectivity index (χ0v) is 21.5. The molecule has 0 bridgehead atoms. The molecule has 5 nitrogen and oxygen atoms in total. The number of hydrogen-bond acceptors (Lipinski definition) is 4. The fourth-order valence-corrected chi connectivity index (χ4v) is 5.55. The minimum atomic E-state index is 0.825. The average Bonchev–Trinajstić information content (AvgIpc) is 3.71. The van der Waals surface area contributed by atoms with E-state index in [-0.39, 0.29) is 0 Å². The Kier molecular flexibility index (Phi) is 5.45. The standard InChI is InChI=1S/C32H23N5S/c1-22-16-18-24(19-17-22)31-26(21-36(35-31)25-12-6-3-7-13-25)29-20-28(23-10-4-2-5-11-23)34-37(29)32-33-27-14-8-9-15-30(27)38-32/h2-21H,1H3. The third kappa shape index (κ3) is 4.01. The van der Waals surface area contributed by atoms with Gasteiger partial charge in [0.1, 0.15) is 5.69 Å². The quantitative estimate of drug-likeness (QED) is 0.236. The average molecular weight is 510 g/mol. The maximum absolute atomic E-state index is 5.08. The first kappa shape index (κ1) is 22.4. The molecule has 0 unspecified atom stereocenters. The molecule has 3 heterocycles. The highest BCUT2D eigenvalue weighted by Crippen LogP contribution is 2.37. The number of fused-ring (bicyclic) bond motifs is 1. The Balaban J connectivity index is 1.49. The molecule has 0 saturated heterocycles. The molecule has 3 aromatic heterocycles. The normalized spacial score (nSPS) is 11.3. The molecule has 0 atom stereocenters. The molecule has 0 aliphatic heterocycles. The maximum Gasteiger partial charge on any atom is 0.212 e. The Morgan fingerprint density at radius 3 is 2.16 bits per heavy atom. The van der Waals surface area contributed by atoms with Crippen LogP contribution >= 0.6 is 11.3 Å². The van der Waals surface area contributed by atoms with Crippen molar-refractivity contribution in [3.05, 3.63) is 127 Å². The summed E-state index contributed by atoms with van der Waals surface area (Å²) in [6, 6.07) is 39.3. The number of hydrogen-bond donors (Lipinski definition) is 0. The monoisotopic (exact) mass is 509 g/mol. The molecule has 4 aromatic carbocycles. The number of para-hydroxylation sites is 2. The summed E-state index contributed by atoms with van der Waals surface area (Å²) in [4.78, 5) is 4.95. The third-order valence-corrected chi connectivity index (χ3v) is 7.59. The second-order valence-electron chi connectivity index (χ2n) is 9.19. The van der Waals surface area contributed by atoms with E-state index in [1.54, 1.807) is 11.3 Å². The first-order valence-corrected chi connectivity index (χ1v) is 13.3. The van der Waals surface area contributed by atoms with Gasteiger partial charge in [-0.2, -0.15) is 10.2 Å². The van der Waals surface area contributed by atoms with Crippen LogP contribution in [0.25, 0.3) is 54.8 Å². The highest BCUT2D eigenvalue weighted by molar-refractivity contribution is 7.20. The molecule has 0 aliphatic rings. The van der Waals surface area contributed by atoms with Gasteiger partial charge in [-0.25, -0.2) is 14.3 Å². The van der Waals surface area contributed by atoms with E-state index >= 15 is 0 Å². The van der Waals surface area contributed by atoms with Crippen molar-refractivity contribution in [1.29, 1.82) is 0 Å². The van der Waals surface area contributed by atoms with Crippen molar-refractivity contribution in [2.24, 2.45) is 0 Å². The molecule has 0 fully saturated rings. The molecule has 6 heteroatoms. The predicted octanol–water partition coefficient (Wildman–Crippen LogP) is 7.98. The SMILES string of the molecule is Cc1ccc(-c2nn(-c3ccccc3)cc2-c2cc(-c3ccccc3)nn2-c2nc3ccccc3s2)cc1. The lowest BCUT2D eigenvalue weighted by molar-refractivity contribution is 0.879. The number of aryl methyl sites for hydroxylation is 1. The summed E-state index contributed by atoms with van der Waals surface area (Å²) in [6.07, 6.45) is 2.10. The van der Waals surface area contributed by atoms with Gasteiger partial charge in [-0.05, 0) is 37.3 Å². The summed E-state index contributed by atoms with van der Waals surface area (Å²) in [5.41, 5.74) is 9.02. The summed E-state index contributed by atoms with van der Waals surface area (Å²) in [5.74, 6) is 0. The van der Waals surface area contributed by atoms with Gasteiger partial charge in [0.25, 0.3) is 0 Å². The molecule has 7 aromatic rings. The van der Waals surface area contributed by atoms with Crippen LogP contribution in [0.5, 0.6) is 0 Å². The summed E-state index contributed by atoms with van der Waals surface area (Å²) >= 11 is 1.64.